The van der Waals surface area contributed by atoms with E-state index in [9.17, 15) is 0 Å². The molecule has 0 unspecified atom stereocenters. The van der Waals surface area contributed by atoms with Crippen molar-refractivity contribution in [1.82, 2.24) is 19.5 Å². The summed E-state index contributed by atoms with van der Waals surface area (Å²) in [6.45, 7) is 0.701. The fourth-order valence-corrected chi connectivity index (χ4v) is 3.85. The number of H-pyrrole nitrogens is 1. The van der Waals surface area contributed by atoms with E-state index >= 15 is 0 Å². The number of hydrogen-bond donors (Lipinski definition) is 1. The Morgan fingerprint density at radius 2 is 1.77 bits per heavy atom. The summed E-state index contributed by atoms with van der Waals surface area (Å²) in [6.07, 6.45) is 3.31. The number of unbranched alkanes of at least 4 members (excludes halogenated alkanes) is 2. The third-order valence-electron chi connectivity index (χ3n) is 4.37. The van der Waals surface area contributed by atoms with Crippen LogP contribution < -0.4 is 4.74 Å². The molecule has 134 valence electrons. The van der Waals surface area contributed by atoms with Crippen LogP contribution in [0.25, 0.3) is 22.1 Å². The molecule has 2 heterocycles. The number of aromatic amines is 1. The number of ether oxygens (including phenoxy) is 1. The van der Waals surface area contributed by atoms with Gasteiger partial charge in [0.25, 0.3) is 6.01 Å². The Balaban J connectivity index is 1.18. The molecule has 4 rings (SSSR count). The van der Waals surface area contributed by atoms with Gasteiger partial charge in [-0.05, 0) is 43.5 Å². The van der Waals surface area contributed by atoms with E-state index in [1.165, 1.54) is 0 Å². The highest BCUT2D eigenvalue weighted by Crippen LogP contribution is 2.21. The second kappa shape index (κ2) is 7.83. The van der Waals surface area contributed by atoms with Gasteiger partial charge in [-0.25, -0.2) is 4.98 Å². The molecule has 0 aliphatic heterocycles. The normalized spacial score (nSPS) is 11.4. The Morgan fingerprint density at radius 3 is 2.62 bits per heavy atom. The number of para-hydroxylation sites is 4. The van der Waals surface area contributed by atoms with Gasteiger partial charge in [0.2, 0.25) is 0 Å². The lowest BCUT2D eigenvalue weighted by Gasteiger charge is -2.05. The van der Waals surface area contributed by atoms with Crippen molar-refractivity contribution in [3.05, 3.63) is 48.5 Å². The smallest absolute Gasteiger partial charge is 0.297 e. The average molecular weight is 366 g/mol. The van der Waals surface area contributed by atoms with E-state index in [4.69, 9.17) is 4.74 Å². The molecule has 4 aromatic rings. The molecule has 26 heavy (non-hydrogen) atoms. The lowest BCUT2D eigenvalue weighted by Crippen LogP contribution is -2.02. The van der Waals surface area contributed by atoms with Gasteiger partial charge >= 0.3 is 0 Å². The van der Waals surface area contributed by atoms with Crippen molar-refractivity contribution in [3.63, 3.8) is 0 Å². The maximum absolute atomic E-state index is 5.85. The molecule has 0 spiro atoms. The number of thioether (sulfide) groups is 1. The van der Waals surface area contributed by atoms with Crippen molar-refractivity contribution < 1.29 is 4.74 Å². The van der Waals surface area contributed by atoms with Crippen molar-refractivity contribution >= 4 is 33.8 Å². The Hall–Kier alpha value is -2.47. The largest absolute Gasteiger partial charge is 0.465 e. The van der Waals surface area contributed by atoms with Gasteiger partial charge in [-0.2, -0.15) is 4.98 Å². The van der Waals surface area contributed by atoms with Crippen LogP contribution in [0.3, 0.4) is 0 Å². The second-order valence-corrected chi connectivity index (χ2v) is 7.34. The monoisotopic (exact) mass is 366 g/mol. The maximum atomic E-state index is 5.85. The summed E-state index contributed by atoms with van der Waals surface area (Å²) >= 11 is 1.78. The van der Waals surface area contributed by atoms with Crippen molar-refractivity contribution in [3.8, 4) is 6.01 Å². The Morgan fingerprint density at radius 1 is 0.962 bits per heavy atom. The molecule has 0 saturated heterocycles. The minimum absolute atomic E-state index is 0.697. The van der Waals surface area contributed by atoms with Gasteiger partial charge in [-0.15, -0.1) is 0 Å². The van der Waals surface area contributed by atoms with Gasteiger partial charge in [0.05, 0.1) is 28.7 Å². The molecule has 2 aromatic heterocycles. The fourth-order valence-electron chi connectivity index (χ4n) is 2.96. The van der Waals surface area contributed by atoms with E-state index < -0.39 is 0 Å². The van der Waals surface area contributed by atoms with Crippen molar-refractivity contribution in [2.45, 2.75) is 24.4 Å². The van der Waals surface area contributed by atoms with Gasteiger partial charge in [-0.3, -0.25) is 4.57 Å². The Kier molecular flexibility index (Phi) is 5.11. The van der Waals surface area contributed by atoms with E-state index in [0.717, 1.165) is 52.2 Å². The second-order valence-electron chi connectivity index (χ2n) is 6.26. The summed E-state index contributed by atoms with van der Waals surface area (Å²) in [6, 6.07) is 16.9. The zero-order chi connectivity index (χ0) is 17.8. The lowest BCUT2D eigenvalue weighted by atomic mass is 10.3. The number of rotatable bonds is 8. The number of nitrogens with one attached hydrogen (secondary N) is 1. The van der Waals surface area contributed by atoms with Gasteiger partial charge in [0, 0.05) is 12.8 Å². The summed E-state index contributed by atoms with van der Waals surface area (Å²) in [5.41, 5.74) is 4.22. The van der Waals surface area contributed by atoms with Crippen LogP contribution in [0.15, 0.2) is 53.7 Å². The van der Waals surface area contributed by atoms with Crippen LogP contribution in [-0.2, 0) is 7.05 Å². The van der Waals surface area contributed by atoms with Crippen LogP contribution in [0, 0.1) is 0 Å². The summed E-state index contributed by atoms with van der Waals surface area (Å²) in [5, 5.41) is 1.00. The molecule has 0 radical (unpaired) electrons. The summed E-state index contributed by atoms with van der Waals surface area (Å²) < 4.78 is 7.86. The summed E-state index contributed by atoms with van der Waals surface area (Å²) in [4.78, 5) is 12.5. The first kappa shape index (κ1) is 17.0. The number of nitrogens with zero attached hydrogens (tertiary/aromatic N) is 3. The summed E-state index contributed by atoms with van der Waals surface area (Å²) in [7, 11) is 1.99. The van der Waals surface area contributed by atoms with E-state index in [1.54, 1.807) is 11.8 Å². The van der Waals surface area contributed by atoms with Crippen LogP contribution >= 0.6 is 11.8 Å². The lowest BCUT2D eigenvalue weighted by molar-refractivity contribution is 0.276. The van der Waals surface area contributed by atoms with E-state index in [2.05, 4.69) is 27.1 Å². The van der Waals surface area contributed by atoms with Gasteiger partial charge in [0.1, 0.15) is 0 Å². The van der Waals surface area contributed by atoms with Crippen LogP contribution in [-0.4, -0.2) is 31.9 Å². The quantitative estimate of drug-likeness (QED) is 0.360. The summed E-state index contributed by atoms with van der Waals surface area (Å²) in [5.74, 6) is 1.06. The van der Waals surface area contributed by atoms with E-state index in [1.807, 2.05) is 48.0 Å². The van der Waals surface area contributed by atoms with Crippen LogP contribution in [0.5, 0.6) is 6.01 Å². The average Bonchev–Trinajstić information content (AvgIpc) is 3.22. The van der Waals surface area contributed by atoms with Gasteiger partial charge < -0.3 is 9.72 Å². The standard InChI is InChI=1S/C20H22N4OS/c1-24-18-12-6-5-11-17(18)23-20(24)25-13-7-2-8-14-26-19-21-15-9-3-4-10-16(15)22-19/h3-6,9-12H,2,7-8,13-14H2,1H3,(H,21,22). The Labute approximate surface area is 156 Å². The number of imidazole rings is 2. The third-order valence-corrected chi connectivity index (χ3v) is 5.33. The number of hydrogen-bond acceptors (Lipinski definition) is 4. The Bertz CT molecular complexity index is 974. The van der Waals surface area contributed by atoms with Crippen LogP contribution in [0.2, 0.25) is 0 Å². The number of aryl methyl sites for hydroxylation is 1. The minimum atomic E-state index is 0.697. The van der Waals surface area contributed by atoms with Crippen molar-refractivity contribution in [1.29, 1.82) is 0 Å². The number of fused-ring (bicyclic) bond motifs is 2. The zero-order valence-corrected chi connectivity index (χ0v) is 15.6. The highest BCUT2D eigenvalue weighted by atomic mass is 32.2. The molecule has 1 N–H and O–H groups in total. The molecule has 0 aliphatic rings. The van der Waals surface area contributed by atoms with Crippen LogP contribution in [0.1, 0.15) is 19.3 Å². The predicted molar refractivity (Wildman–Crippen MR) is 107 cm³/mol. The number of benzene rings is 2. The molecule has 0 atom stereocenters. The first-order chi connectivity index (χ1) is 12.8. The first-order valence-electron chi connectivity index (χ1n) is 8.93. The van der Waals surface area contributed by atoms with Crippen molar-refractivity contribution in [2.24, 2.45) is 7.05 Å². The highest BCUT2D eigenvalue weighted by Gasteiger charge is 2.07. The molecular formula is C20H22N4OS. The fraction of sp³-hybridized carbons (Fsp3) is 0.300. The van der Waals surface area contributed by atoms with E-state index in [-0.39, 0.29) is 0 Å². The van der Waals surface area contributed by atoms with E-state index in [0.29, 0.717) is 12.6 Å². The zero-order valence-electron chi connectivity index (χ0n) is 14.8. The highest BCUT2D eigenvalue weighted by molar-refractivity contribution is 7.99. The molecule has 0 bridgehead atoms. The van der Waals surface area contributed by atoms with Crippen molar-refractivity contribution in [2.75, 3.05) is 12.4 Å². The molecule has 6 heteroatoms. The van der Waals surface area contributed by atoms with Gasteiger partial charge in [0.15, 0.2) is 5.16 Å². The first-order valence-corrected chi connectivity index (χ1v) is 9.91. The third kappa shape index (κ3) is 3.70. The molecule has 2 aromatic carbocycles. The molecule has 0 saturated carbocycles. The maximum Gasteiger partial charge on any atom is 0.297 e. The molecule has 0 amide bonds. The SMILES string of the molecule is Cn1c(OCCCCCSc2nc3ccccc3[nH]2)nc2ccccc21. The van der Waals surface area contributed by atoms with Gasteiger partial charge in [-0.1, -0.05) is 36.0 Å². The molecule has 5 nitrogen and oxygen atoms in total. The van der Waals surface area contributed by atoms with Crippen LogP contribution in [0.4, 0.5) is 0 Å². The minimum Gasteiger partial charge on any atom is -0.465 e. The number of aromatic nitrogens is 4. The molecule has 0 aliphatic carbocycles. The topological polar surface area (TPSA) is 55.7 Å². The molecular weight excluding hydrogens is 344 g/mol. The molecule has 0 fully saturated rings. The predicted octanol–water partition coefficient (Wildman–Crippen LogP) is 4.79.